The highest BCUT2D eigenvalue weighted by molar-refractivity contribution is 5.83. The minimum Gasteiger partial charge on any atom is -0.362 e. The Kier molecular flexibility index (Phi) is 6.92. The second kappa shape index (κ2) is 9.84. The topological polar surface area (TPSA) is 70.2 Å². The number of amides is 1. The SMILES string of the molecule is CC(C(=O)NC1CCC(Nc2nc3c(c(N(C)C)n2)CCCC3)CC1)c1ccccc1F. The summed E-state index contributed by atoms with van der Waals surface area (Å²) in [5, 5.41) is 6.67. The van der Waals surface area contributed by atoms with Crippen molar-refractivity contribution in [3.05, 3.63) is 46.9 Å². The Bertz CT molecular complexity index is 955. The van der Waals surface area contributed by atoms with Crippen LogP contribution in [0.5, 0.6) is 0 Å². The molecule has 2 aliphatic carbocycles. The maximum Gasteiger partial charge on any atom is 0.227 e. The number of benzene rings is 1. The number of hydrogen-bond acceptors (Lipinski definition) is 5. The molecule has 1 atom stereocenters. The van der Waals surface area contributed by atoms with Gasteiger partial charge >= 0.3 is 0 Å². The molecular formula is C25H34FN5O. The van der Waals surface area contributed by atoms with Gasteiger partial charge in [-0.1, -0.05) is 18.2 Å². The number of nitrogens with zero attached hydrogens (tertiary/aromatic N) is 3. The van der Waals surface area contributed by atoms with Crippen molar-refractivity contribution in [2.24, 2.45) is 0 Å². The summed E-state index contributed by atoms with van der Waals surface area (Å²) in [6.07, 6.45) is 8.12. The smallest absolute Gasteiger partial charge is 0.227 e. The van der Waals surface area contributed by atoms with Gasteiger partial charge in [-0.2, -0.15) is 4.98 Å². The van der Waals surface area contributed by atoms with Crippen molar-refractivity contribution in [1.29, 1.82) is 0 Å². The molecule has 0 spiro atoms. The highest BCUT2D eigenvalue weighted by Gasteiger charge is 2.27. The molecule has 1 heterocycles. The number of carbonyl (C=O) groups is 1. The lowest BCUT2D eigenvalue weighted by atomic mass is 9.90. The highest BCUT2D eigenvalue weighted by atomic mass is 19.1. The van der Waals surface area contributed by atoms with Gasteiger partial charge in [-0.15, -0.1) is 0 Å². The molecule has 1 saturated carbocycles. The van der Waals surface area contributed by atoms with Crippen LogP contribution >= 0.6 is 0 Å². The van der Waals surface area contributed by atoms with E-state index in [1.54, 1.807) is 25.1 Å². The van der Waals surface area contributed by atoms with Crippen molar-refractivity contribution in [2.45, 2.75) is 76.3 Å². The van der Waals surface area contributed by atoms with Crippen LogP contribution in [0.3, 0.4) is 0 Å². The molecule has 2 aromatic rings. The summed E-state index contributed by atoms with van der Waals surface area (Å²) in [5.41, 5.74) is 2.92. The number of aryl methyl sites for hydroxylation is 1. The van der Waals surface area contributed by atoms with E-state index in [0.29, 0.717) is 11.6 Å². The molecule has 1 fully saturated rings. The Hall–Kier alpha value is -2.70. The number of hydrogen-bond donors (Lipinski definition) is 2. The number of fused-ring (bicyclic) bond motifs is 1. The number of rotatable bonds is 6. The first kappa shape index (κ1) is 22.5. The zero-order chi connectivity index (χ0) is 22.7. The Morgan fingerprint density at radius 1 is 1.06 bits per heavy atom. The van der Waals surface area contributed by atoms with E-state index in [1.165, 1.54) is 30.2 Å². The number of aromatic nitrogens is 2. The van der Waals surface area contributed by atoms with Gasteiger partial charge in [-0.25, -0.2) is 9.37 Å². The average Bonchev–Trinajstić information content (AvgIpc) is 2.79. The summed E-state index contributed by atoms with van der Waals surface area (Å²) in [6.45, 7) is 1.76. The van der Waals surface area contributed by atoms with Crippen LogP contribution in [0.15, 0.2) is 24.3 Å². The largest absolute Gasteiger partial charge is 0.362 e. The minimum absolute atomic E-state index is 0.111. The molecule has 2 aliphatic rings. The van der Waals surface area contributed by atoms with Gasteiger partial charge in [0, 0.05) is 31.7 Å². The summed E-state index contributed by atoms with van der Waals surface area (Å²) in [4.78, 5) is 24.4. The molecule has 6 nitrogen and oxygen atoms in total. The van der Waals surface area contributed by atoms with Gasteiger partial charge in [0.2, 0.25) is 11.9 Å². The molecule has 0 saturated heterocycles. The van der Waals surface area contributed by atoms with E-state index >= 15 is 0 Å². The first-order valence-corrected chi connectivity index (χ1v) is 11.8. The Morgan fingerprint density at radius 2 is 1.75 bits per heavy atom. The van der Waals surface area contributed by atoms with Gasteiger partial charge in [0.25, 0.3) is 0 Å². The lowest BCUT2D eigenvalue weighted by molar-refractivity contribution is -0.123. The van der Waals surface area contributed by atoms with E-state index in [9.17, 15) is 9.18 Å². The molecule has 1 unspecified atom stereocenters. The fourth-order valence-corrected chi connectivity index (χ4v) is 4.87. The van der Waals surface area contributed by atoms with Crippen LogP contribution in [0, 0.1) is 5.82 Å². The minimum atomic E-state index is -0.500. The molecule has 32 heavy (non-hydrogen) atoms. The van der Waals surface area contributed by atoms with Crippen molar-refractivity contribution in [3.8, 4) is 0 Å². The van der Waals surface area contributed by atoms with Crippen LogP contribution in [0.1, 0.15) is 68.2 Å². The van der Waals surface area contributed by atoms with Gasteiger partial charge in [0.05, 0.1) is 11.6 Å². The maximum atomic E-state index is 14.0. The number of nitrogens with one attached hydrogen (secondary N) is 2. The van der Waals surface area contributed by atoms with Crippen LogP contribution in [0.2, 0.25) is 0 Å². The van der Waals surface area contributed by atoms with Crippen molar-refractivity contribution in [1.82, 2.24) is 15.3 Å². The second-order valence-corrected chi connectivity index (χ2v) is 9.34. The van der Waals surface area contributed by atoms with Crippen molar-refractivity contribution >= 4 is 17.7 Å². The highest BCUT2D eigenvalue weighted by Crippen LogP contribution is 2.29. The second-order valence-electron chi connectivity index (χ2n) is 9.34. The first-order chi connectivity index (χ1) is 15.4. The molecule has 0 aliphatic heterocycles. The molecule has 0 radical (unpaired) electrons. The lowest BCUT2D eigenvalue weighted by Gasteiger charge is -2.31. The molecular weight excluding hydrogens is 405 g/mol. The zero-order valence-electron chi connectivity index (χ0n) is 19.3. The molecule has 1 aromatic heterocycles. The molecule has 1 aromatic carbocycles. The van der Waals surface area contributed by atoms with E-state index in [-0.39, 0.29) is 17.8 Å². The van der Waals surface area contributed by atoms with Gasteiger partial charge in [-0.05, 0) is 69.9 Å². The van der Waals surface area contributed by atoms with Crippen molar-refractivity contribution < 1.29 is 9.18 Å². The summed E-state index contributed by atoms with van der Waals surface area (Å²) in [7, 11) is 4.08. The predicted octanol–water partition coefficient (Wildman–Crippen LogP) is 4.20. The van der Waals surface area contributed by atoms with E-state index in [0.717, 1.165) is 50.3 Å². The third kappa shape index (κ3) is 5.03. The van der Waals surface area contributed by atoms with Crippen LogP contribution in [0.4, 0.5) is 16.2 Å². The molecule has 2 N–H and O–H groups in total. The lowest BCUT2D eigenvalue weighted by Crippen LogP contribution is -2.42. The quantitative estimate of drug-likeness (QED) is 0.706. The van der Waals surface area contributed by atoms with Crippen LogP contribution < -0.4 is 15.5 Å². The van der Waals surface area contributed by atoms with Crippen molar-refractivity contribution in [3.63, 3.8) is 0 Å². The fraction of sp³-hybridized carbons (Fsp3) is 0.560. The van der Waals surface area contributed by atoms with Gasteiger partial charge < -0.3 is 15.5 Å². The molecule has 4 rings (SSSR count). The third-order valence-corrected chi connectivity index (χ3v) is 6.76. The Morgan fingerprint density at radius 3 is 2.47 bits per heavy atom. The molecule has 0 bridgehead atoms. The summed E-state index contributed by atoms with van der Waals surface area (Å²) in [5.74, 6) is 0.807. The maximum absolute atomic E-state index is 14.0. The summed E-state index contributed by atoms with van der Waals surface area (Å²) in [6, 6.07) is 6.91. The monoisotopic (exact) mass is 439 g/mol. The van der Waals surface area contributed by atoms with Gasteiger partial charge in [0.1, 0.15) is 11.6 Å². The summed E-state index contributed by atoms with van der Waals surface area (Å²) < 4.78 is 14.0. The number of carbonyl (C=O) groups excluding carboxylic acids is 1. The van der Waals surface area contributed by atoms with Gasteiger partial charge in [0.15, 0.2) is 0 Å². The normalized spacial score (nSPS) is 21.4. The Labute approximate surface area is 190 Å². The summed E-state index contributed by atoms with van der Waals surface area (Å²) >= 11 is 0. The zero-order valence-corrected chi connectivity index (χ0v) is 19.3. The number of halogens is 1. The fourth-order valence-electron chi connectivity index (χ4n) is 4.87. The van der Waals surface area contributed by atoms with Crippen LogP contribution in [-0.2, 0) is 17.6 Å². The first-order valence-electron chi connectivity index (χ1n) is 11.8. The molecule has 1 amide bonds. The average molecular weight is 440 g/mol. The van der Waals surface area contributed by atoms with Crippen LogP contribution in [-0.4, -0.2) is 42.1 Å². The van der Waals surface area contributed by atoms with Crippen molar-refractivity contribution in [2.75, 3.05) is 24.3 Å². The van der Waals surface area contributed by atoms with E-state index in [1.807, 2.05) is 14.1 Å². The van der Waals surface area contributed by atoms with Crippen LogP contribution in [0.25, 0.3) is 0 Å². The molecule has 172 valence electrons. The Balaban J connectivity index is 1.33. The van der Waals surface area contributed by atoms with Gasteiger partial charge in [-0.3, -0.25) is 4.79 Å². The number of anilines is 2. The van der Waals surface area contributed by atoms with E-state index < -0.39 is 5.92 Å². The van der Waals surface area contributed by atoms with E-state index in [2.05, 4.69) is 15.5 Å². The standard InChI is InChI=1S/C25H34FN5O/c1-16(19-8-4-6-10-21(19)26)24(32)27-17-12-14-18(15-13-17)28-25-29-22-11-7-5-9-20(22)23(30-25)31(2)3/h4,6,8,10,16-18H,5,7,9,11-15H2,1-3H3,(H,27,32)(H,28,29,30). The molecule has 7 heteroatoms. The van der Waals surface area contributed by atoms with E-state index in [4.69, 9.17) is 9.97 Å². The third-order valence-electron chi connectivity index (χ3n) is 6.76. The predicted molar refractivity (Wildman–Crippen MR) is 126 cm³/mol.